The maximum absolute atomic E-state index is 14.0. The van der Waals surface area contributed by atoms with Crippen LogP contribution in [0.4, 0.5) is 13.2 Å². The van der Waals surface area contributed by atoms with E-state index in [4.69, 9.17) is 5.21 Å². The third kappa shape index (κ3) is 3.24. The lowest BCUT2D eigenvalue weighted by Gasteiger charge is -2.23. The van der Waals surface area contributed by atoms with E-state index in [0.29, 0.717) is 45.3 Å². The molecule has 3 heterocycles. The van der Waals surface area contributed by atoms with Gasteiger partial charge >= 0.3 is 6.18 Å². The first-order chi connectivity index (χ1) is 15.3. The molecule has 0 aliphatic carbocycles. The first-order valence-corrected chi connectivity index (χ1v) is 11.1. The van der Waals surface area contributed by atoms with Crippen LogP contribution in [0.15, 0.2) is 36.5 Å². The fraction of sp³-hybridized carbons (Fsp3) is 0.190. The molecule has 1 aliphatic heterocycles. The monoisotopic (exact) mass is 460 g/mol. The lowest BCUT2D eigenvalue weighted by Crippen LogP contribution is -2.18. The van der Waals surface area contributed by atoms with E-state index in [9.17, 15) is 22.2 Å². The molecule has 5 rings (SSSR count). The van der Waals surface area contributed by atoms with E-state index in [-0.39, 0.29) is 22.3 Å². The van der Waals surface area contributed by atoms with E-state index in [2.05, 4.69) is 15.2 Å². The number of aromatic amines is 1. The van der Waals surface area contributed by atoms with Crippen molar-refractivity contribution in [1.29, 1.82) is 0 Å². The van der Waals surface area contributed by atoms with Gasteiger partial charge in [-0.1, -0.05) is 12.1 Å². The van der Waals surface area contributed by atoms with Gasteiger partial charge in [0.25, 0.3) is 5.91 Å². The number of pyridine rings is 1. The van der Waals surface area contributed by atoms with Crippen molar-refractivity contribution >= 4 is 38.5 Å². The van der Waals surface area contributed by atoms with Crippen LogP contribution in [0.5, 0.6) is 0 Å². The molecule has 0 saturated heterocycles. The third-order valence-corrected chi connectivity index (χ3v) is 6.88. The second-order valence-corrected chi connectivity index (χ2v) is 9.03. The second kappa shape index (κ2) is 7.38. The highest BCUT2D eigenvalue weighted by Crippen LogP contribution is 2.42. The van der Waals surface area contributed by atoms with Crippen LogP contribution in [0.1, 0.15) is 27.0 Å². The molecule has 0 saturated carbocycles. The van der Waals surface area contributed by atoms with Gasteiger partial charge in [-0.2, -0.15) is 18.3 Å². The Morgan fingerprint density at radius 1 is 1.19 bits per heavy atom. The van der Waals surface area contributed by atoms with Gasteiger partial charge in [0.05, 0.1) is 34.2 Å². The molecule has 11 heteroatoms. The molecule has 1 unspecified atom stereocenters. The topological polar surface area (TPSA) is 108 Å². The van der Waals surface area contributed by atoms with Crippen molar-refractivity contribution in [2.75, 3.05) is 5.75 Å². The summed E-state index contributed by atoms with van der Waals surface area (Å²) in [5, 5.41) is 16.2. The van der Waals surface area contributed by atoms with Gasteiger partial charge in [-0.3, -0.25) is 19.3 Å². The van der Waals surface area contributed by atoms with E-state index in [1.807, 2.05) is 0 Å². The van der Waals surface area contributed by atoms with Crippen molar-refractivity contribution in [2.45, 2.75) is 18.3 Å². The number of nitrogens with one attached hydrogen (secondary N) is 2. The fourth-order valence-corrected chi connectivity index (χ4v) is 5.36. The molecule has 0 radical (unpaired) electrons. The molecule has 32 heavy (non-hydrogen) atoms. The molecule has 1 amide bonds. The highest BCUT2D eigenvalue weighted by molar-refractivity contribution is 7.84. The zero-order valence-electron chi connectivity index (χ0n) is 16.3. The molecule has 3 N–H and O–H groups in total. The molecule has 0 bridgehead atoms. The number of rotatable bonds is 2. The Kier molecular flexibility index (Phi) is 4.75. The lowest BCUT2D eigenvalue weighted by atomic mass is 9.92. The zero-order chi connectivity index (χ0) is 22.6. The van der Waals surface area contributed by atoms with E-state index >= 15 is 0 Å². The van der Waals surface area contributed by atoms with Gasteiger partial charge in [0.2, 0.25) is 0 Å². The maximum atomic E-state index is 14.0. The van der Waals surface area contributed by atoms with E-state index in [1.54, 1.807) is 12.1 Å². The van der Waals surface area contributed by atoms with Crippen molar-refractivity contribution < 1.29 is 27.4 Å². The van der Waals surface area contributed by atoms with Crippen LogP contribution in [0.3, 0.4) is 0 Å². The molecule has 0 spiro atoms. The number of fused-ring (bicyclic) bond motifs is 5. The van der Waals surface area contributed by atoms with Crippen LogP contribution >= 0.6 is 0 Å². The predicted octanol–water partition coefficient (Wildman–Crippen LogP) is 3.72. The van der Waals surface area contributed by atoms with E-state index in [0.717, 1.165) is 6.07 Å². The molecule has 164 valence electrons. The van der Waals surface area contributed by atoms with Gasteiger partial charge in [0.1, 0.15) is 0 Å². The van der Waals surface area contributed by atoms with Gasteiger partial charge < -0.3 is 0 Å². The number of benzene rings is 2. The largest absolute Gasteiger partial charge is 0.418 e. The number of H-pyrrole nitrogens is 1. The number of hydrogen-bond acceptors (Lipinski definition) is 5. The smallest absolute Gasteiger partial charge is 0.288 e. The highest BCUT2D eigenvalue weighted by Gasteiger charge is 2.36. The molecule has 1 atom stereocenters. The summed E-state index contributed by atoms with van der Waals surface area (Å²) in [6, 6.07) is 6.95. The first-order valence-electron chi connectivity index (χ1n) is 9.56. The van der Waals surface area contributed by atoms with E-state index in [1.165, 1.54) is 23.8 Å². The predicted molar refractivity (Wildman–Crippen MR) is 112 cm³/mol. The summed E-state index contributed by atoms with van der Waals surface area (Å²) in [5.74, 6) is -0.202. The van der Waals surface area contributed by atoms with Crippen molar-refractivity contribution in [2.24, 2.45) is 0 Å². The summed E-state index contributed by atoms with van der Waals surface area (Å²) < 4.78 is 54.3. The number of nitrogens with zero attached hydrogens (tertiary/aromatic N) is 2. The van der Waals surface area contributed by atoms with Gasteiger partial charge in [0.15, 0.2) is 0 Å². The summed E-state index contributed by atoms with van der Waals surface area (Å²) in [5.41, 5.74) is 2.98. The van der Waals surface area contributed by atoms with Crippen LogP contribution in [-0.2, 0) is 29.1 Å². The minimum atomic E-state index is -4.64. The van der Waals surface area contributed by atoms with Crippen molar-refractivity contribution in [3.05, 3.63) is 58.8 Å². The average Bonchev–Trinajstić information content (AvgIpc) is 3.25. The van der Waals surface area contributed by atoms with Crippen molar-refractivity contribution in [1.82, 2.24) is 20.7 Å². The van der Waals surface area contributed by atoms with Gasteiger partial charge in [-0.15, -0.1) is 0 Å². The van der Waals surface area contributed by atoms with Crippen LogP contribution in [0.2, 0.25) is 0 Å². The highest BCUT2D eigenvalue weighted by atomic mass is 32.2. The number of carbonyl (C=O) groups is 1. The number of halogens is 3. The number of aromatic nitrogens is 3. The van der Waals surface area contributed by atoms with Crippen LogP contribution in [0.25, 0.3) is 33.1 Å². The van der Waals surface area contributed by atoms with Crippen molar-refractivity contribution in [3.8, 4) is 11.3 Å². The van der Waals surface area contributed by atoms with Crippen LogP contribution < -0.4 is 5.48 Å². The fourth-order valence-electron chi connectivity index (χ4n) is 4.15. The van der Waals surface area contributed by atoms with Crippen molar-refractivity contribution in [3.63, 3.8) is 0 Å². The summed E-state index contributed by atoms with van der Waals surface area (Å²) in [6.07, 6.45) is -2.81. The molecule has 4 aromatic rings. The van der Waals surface area contributed by atoms with Crippen LogP contribution in [-0.4, -0.2) is 36.3 Å². The number of alkyl halides is 3. The summed E-state index contributed by atoms with van der Waals surface area (Å²) in [6.45, 7) is 0. The number of hydroxylamine groups is 1. The quantitative estimate of drug-likeness (QED) is 0.312. The molecule has 7 nitrogen and oxygen atoms in total. The molecular weight excluding hydrogens is 445 g/mol. The molecule has 0 fully saturated rings. The SMILES string of the molecule is O=C(NO)c1ccc(-c2nc3c(C(F)(F)F)cc4[nH]ncc4c3c3c2CS(=O)CC3)cc1. The Labute approximate surface area is 181 Å². The van der Waals surface area contributed by atoms with Gasteiger partial charge in [-0.05, 0) is 35.7 Å². The second-order valence-electron chi connectivity index (χ2n) is 7.45. The van der Waals surface area contributed by atoms with Gasteiger partial charge in [0, 0.05) is 38.5 Å². The molecule has 2 aromatic heterocycles. The molecular formula is C21H15F3N4O3S. The lowest BCUT2D eigenvalue weighted by molar-refractivity contribution is -0.136. The number of hydrogen-bond donors (Lipinski definition) is 3. The normalized spacial score (nSPS) is 16.3. The summed E-state index contributed by atoms with van der Waals surface area (Å²) >= 11 is 0. The zero-order valence-corrected chi connectivity index (χ0v) is 17.1. The summed E-state index contributed by atoms with van der Waals surface area (Å²) in [7, 11) is -1.17. The Bertz CT molecular complexity index is 1410. The molecule has 2 aromatic carbocycles. The van der Waals surface area contributed by atoms with Gasteiger partial charge in [-0.25, -0.2) is 10.5 Å². The Morgan fingerprint density at radius 2 is 1.94 bits per heavy atom. The Hall–Kier alpha value is -3.31. The maximum Gasteiger partial charge on any atom is 0.418 e. The molecule has 1 aliphatic rings. The minimum absolute atomic E-state index is 0.169. The number of aryl methyl sites for hydroxylation is 1. The van der Waals surface area contributed by atoms with E-state index < -0.39 is 28.4 Å². The summed E-state index contributed by atoms with van der Waals surface area (Å²) in [4.78, 5) is 16.1. The average molecular weight is 460 g/mol. The Balaban J connectivity index is 1.86. The van der Waals surface area contributed by atoms with Crippen LogP contribution in [0, 0.1) is 0 Å². The third-order valence-electron chi connectivity index (χ3n) is 5.61. The standard InChI is InChI=1S/C21H15F3N4O3S/c22-21(23,24)15-7-16-13(8-25-27-16)17-12-5-6-32(31)9-14(12)18(26-19(15)17)10-1-3-11(4-2-10)20(29)28-30/h1-4,7-8,30H,5-6,9H2,(H,25,27)(H,28,29). The number of amides is 1. The first kappa shape index (κ1) is 20.6. The Morgan fingerprint density at radius 3 is 2.62 bits per heavy atom. The minimum Gasteiger partial charge on any atom is -0.288 e. The number of carbonyl (C=O) groups excluding carboxylic acids is 1.